The van der Waals surface area contributed by atoms with Crippen LogP contribution in [0.3, 0.4) is 0 Å². The van der Waals surface area contributed by atoms with Crippen LogP contribution in [0.15, 0.2) is 24.3 Å². The summed E-state index contributed by atoms with van der Waals surface area (Å²) in [6.07, 6.45) is 2.50. The van der Waals surface area contributed by atoms with Gasteiger partial charge in [-0.05, 0) is 49.5 Å². The van der Waals surface area contributed by atoms with E-state index in [1.54, 1.807) is 0 Å². The van der Waals surface area contributed by atoms with E-state index in [2.05, 4.69) is 17.4 Å². The molecule has 7 heteroatoms. The van der Waals surface area contributed by atoms with E-state index < -0.39 is 10.4 Å². The normalized spacial score (nSPS) is 16.8. The van der Waals surface area contributed by atoms with E-state index in [-0.39, 0.29) is 0 Å². The highest BCUT2D eigenvalue weighted by Crippen LogP contribution is 2.25. The second kappa shape index (κ2) is 7.06. The fraction of sp³-hybridized carbons (Fsp3) is 0.455. The van der Waals surface area contributed by atoms with Crippen LogP contribution < -0.4 is 5.32 Å². The van der Waals surface area contributed by atoms with Gasteiger partial charge < -0.3 is 5.32 Å². The molecule has 5 nitrogen and oxygen atoms in total. The Bertz CT molecular complexity index is 446. The van der Waals surface area contributed by atoms with Crippen molar-refractivity contribution in [2.75, 3.05) is 13.1 Å². The van der Waals surface area contributed by atoms with Crippen LogP contribution in [-0.4, -0.2) is 30.6 Å². The van der Waals surface area contributed by atoms with Crippen LogP contribution in [0, 0.1) is 0 Å². The lowest BCUT2D eigenvalue weighted by Gasteiger charge is -2.22. The highest BCUT2D eigenvalue weighted by molar-refractivity contribution is 7.79. The lowest BCUT2D eigenvalue weighted by atomic mass is 9.90. The van der Waals surface area contributed by atoms with E-state index in [1.807, 2.05) is 12.1 Å². The average Bonchev–Trinajstić information content (AvgIpc) is 2.29. The SMILES string of the molecule is Clc1ccc(C2CCNCC2)cc1.O=S(=O)(O)O. The van der Waals surface area contributed by atoms with Crippen LogP contribution in [0.25, 0.3) is 0 Å². The van der Waals surface area contributed by atoms with Crippen molar-refractivity contribution >= 4 is 22.0 Å². The predicted molar refractivity (Wildman–Crippen MR) is 70.5 cm³/mol. The molecule has 1 aromatic carbocycles. The summed E-state index contributed by atoms with van der Waals surface area (Å²) in [5, 5.41) is 4.20. The number of rotatable bonds is 1. The number of hydrogen-bond acceptors (Lipinski definition) is 3. The van der Waals surface area contributed by atoms with Gasteiger partial charge in [-0.3, -0.25) is 9.11 Å². The number of nitrogens with one attached hydrogen (secondary N) is 1. The molecule has 1 heterocycles. The molecule has 102 valence electrons. The Balaban J connectivity index is 0.000000280. The Morgan fingerprint density at radius 3 is 2.00 bits per heavy atom. The smallest absolute Gasteiger partial charge is 0.317 e. The molecule has 1 saturated heterocycles. The van der Waals surface area contributed by atoms with Gasteiger partial charge in [0.05, 0.1) is 0 Å². The topological polar surface area (TPSA) is 86.6 Å². The maximum absolute atomic E-state index is 8.74. The monoisotopic (exact) mass is 293 g/mol. The van der Waals surface area contributed by atoms with Gasteiger partial charge in [0.25, 0.3) is 0 Å². The summed E-state index contributed by atoms with van der Waals surface area (Å²) >= 11 is 5.84. The third kappa shape index (κ3) is 6.93. The van der Waals surface area contributed by atoms with Gasteiger partial charge in [0.15, 0.2) is 0 Å². The van der Waals surface area contributed by atoms with Crippen molar-refractivity contribution in [3.05, 3.63) is 34.9 Å². The molecule has 0 atom stereocenters. The first kappa shape index (κ1) is 15.4. The van der Waals surface area contributed by atoms with E-state index >= 15 is 0 Å². The lowest BCUT2D eigenvalue weighted by Crippen LogP contribution is -2.26. The number of piperidine rings is 1. The van der Waals surface area contributed by atoms with E-state index in [1.165, 1.54) is 18.4 Å². The quantitative estimate of drug-likeness (QED) is 0.691. The van der Waals surface area contributed by atoms with Crippen LogP contribution >= 0.6 is 11.6 Å². The standard InChI is InChI=1S/C11H14ClN.H2O4S/c12-11-3-1-9(2-4-11)10-5-7-13-8-6-10;1-5(2,3)4/h1-4,10,13H,5-8H2;(H2,1,2,3,4). The van der Waals surface area contributed by atoms with Gasteiger partial charge in [0.2, 0.25) is 0 Å². The van der Waals surface area contributed by atoms with E-state index in [0.29, 0.717) is 0 Å². The number of benzene rings is 1. The Morgan fingerprint density at radius 1 is 1.11 bits per heavy atom. The summed E-state index contributed by atoms with van der Waals surface area (Å²) in [5.41, 5.74) is 1.44. The van der Waals surface area contributed by atoms with Crippen LogP contribution in [0.1, 0.15) is 24.3 Å². The van der Waals surface area contributed by atoms with E-state index in [0.717, 1.165) is 24.0 Å². The average molecular weight is 294 g/mol. The van der Waals surface area contributed by atoms with Gasteiger partial charge in [-0.25, -0.2) is 0 Å². The molecule has 2 rings (SSSR count). The second-order valence-electron chi connectivity index (χ2n) is 4.02. The third-order valence-electron chi connectivity index (χ3n) is 2.68. The molecule has 1 fully saturated rings. The fourth-order valence-electron chi connectivity index (χ4n) is 1.89. The summed E-state index contributed by atoms with van der Waals surface area (Å²) in [6.45, 7) is 2.29. The van der Waals surface area contributed by atoms with Crippen molar-refractivity contribution in [2.24, 2.45) is 0 Å². The molecule has 0 aromatic heterocycles. The van der Waals surface area contributed by atoms with Gasteiger partial charge in [-0.2, -0.15) is 8.42 Å². The lowest BCUT2D eigenvalue weighted by molar-refractivity contribution is 0.381. The van der Waals surface area contributed by atoms with Crippen molar-refractivity contribution in [1.82, 2.24) is 5.32 Å². The Labute approximate surface area is 112 Å². The van der Waals surface area contributed by atoms with Gasteiger partial charge in [0, 0.05) is 5.02 Å². The molecule has 1 aliphatic rings. The van der Waals surface area contributed by atoms with Crippen LogP contribution in [0.5, 0.6) is 0 Å². The minimum absolute atomic E-state index is 0.735. The van der Waals surface area contributed by atoms with Crippen molar-refractivity contribution in [1.29, 1.82) is 0 Å². The maximum Gasteiger partial charge on any atom is 0.394 e. The minimum Gasteiger partial charge on any atom is -0.317 e. The molecular formula is C11H16ClNO4S. The Kier molecular flexibility index (Phi) is 6.04. The predicted octanol–water partition coefficient (Wildman–Crippen LogP) is 2.15. The molecular weight excluding hydrogens is 278 g/mol. The highest BCUT2D eigenvalue weighted by atomic mass is 35.5. The first-order valence-electron chi connectivity index (χ1n) is 5.52. The minimum atomic E-state index is -4.67. The molecule has 3 N–H and O–H groups in total. The van der Waals surface area contributed by atoms with Crippen LogP contribution in [0.2, 0.25) is 5.02 Å². The molecule has 1 aromatic rings. The van der Waals surface area contributed by atoms with Gasteiger partial charge in [-0.1, -0.05) is 23.7 Å². The summed E-state index contributed by atoms with van der Waals surface area (Å²) < 4.78 is 31.6. The zero-order valence-electron chi connectivity index (χ0n) is 9.71. The summed E-state index contributed by atoms with van der Waals surface area (Å²) in [6, 6.07) is 8.27. The van der Waals surface area contributed by atoms with Gasteiger partial charge >= 0.3 is 10.4 Å². The van der Waals surface area contributed by atoms with Gasteiger partial charge in [-0.15, -0.1) is 0 Å². The zero-order chi connectivity index (χ0) is 13.6. The van der Waals surface area contributed by atoms with Crippen molar-refractivity contribution in [3.8, 4) is 0 Å². The fourth-order valence-corrected chi connectivity index (χ4v) is 2.02. The Hall–Kier alpha value is -0.660. The van der Waals surface area contributed by atoms with E-state index in [9.17, 15) is 0 Å². The van der Waals surface area contributed by atoms with Crippen LogP contribution in [0.4, 0.5) is 0 Å². The maximum atomic E-state index is 8.74. The Morgan fingerprint density at radius 2 is 1.56 bits per heavy atom. The van der Waals surface area contributed by atoms with Crippen molar-refractivity contribution in [3.63, 3.8) is 0 Å². The molecule has 1 aliphatic heterocycles. The molecule has 0 bridgehead atoms. The van der Waals surface area contributed by atoms with Crippen molar-refractivity contribution < 1.29 is 17.5 Å². The van der Waals surface area contributed by atoms with Crippen LogP contribution in [-0.2, 0) is 10.4 Å². The molecule has 18 heavy (non-hydrogen) atoms. The van der Waals surface area contributed by atoms with Crippen molar-refractivity contribution in [2.45, 2.75) is 18.8 Å². The molecule has 0 amide bonds. The molecule has 0 saturated carbocycles. The largest absolute Gasteiger partial charge is 0.394 e. The summed E-state index contributed by atoms with van der Waals surface area (Å²) in [4.78, 5) is 0. The highest BCUT2D eigenvalue weighted by Gasteiger charge is 2.14. The number of halogens is 1. The molecule has 0 radical (unpaired) electrons. The van der Waals surface area contributed by atoms with E-state index in [4.69, 9.17) is 29.1 Å². The first-order valence-corrected chi connectivity index (χ1v) is 7.30. The third-order valence-corrected chi connectivity index (χ3v) is 2.93. The summed E-state index contributed by atoms with van der Waals surface area (Å²) in [5.74, 6) is 0.735. The zero-order valence-corrected chi connectivity index (χ0v) is 11.3. The molecule has 0 aliphatic carbocycles. The molecule has 0 unspecified atom stereocenters. The molecule has 0 spiro atoms. The first-order chi connectivity index (χ1) is 8.36. The number of hydrogen-bond donors (Lipinski definition) is 3. The summed E-state index contributed by atoms with van der Waals surface area (Å²) in [7, 11) is -4.67. The second-order valence-corrected chi connectivity index (χ2v) is 5.36. The van der Waals surface area contributed by atoms with Gasteiger partial charge in [0.1, 0.15) is 0 Å².